The van der Waals surface area contributed by atoms with Crippen LogP contribution in [0.1, 0.15) is 64.2 Å². The number of aliphatic hydroxyl groups excluding tert-OH is 3. The number of hydrogen-bond donors (Lipinski definition) is 3. The summed E-state index contributed by atoms with van der Waals surface area (Å²) in [4.78, 5) is 0. The van der Waals surface area contributed by atoms with E-state index in [1.54, 1.807) is 0 Å². The first-order valence-corrected chi connectivity index (χ1v) is 7.85. The fourth-order valence-electron chi connectivity index (χ4n) is 3.37. The van der Waals surface area contributed by atoms with E-state index in [0.717, 1.165) is 32.1 Å². The zero-order valence-corrected chi connectivity index (χ0v) is 11.7. The SMILES string of the molecule is OC1CCC(CCC(O)OC2CCCCC2)C(O)C1. The summed E-state index contributed by atoms with van der Waals surface area (Å²) in [6.45, 7) is 0. The van der Waals surface area contributed by atoms with Gasteiger partial charge in [-0.3, -0.25) is 0 Å². The van der Waals surface area contributed by atoms with Gasteiger partial charge in [0, 0.05) is 0 Å². The molecule has 0 aliphatic heterocycles. The van der Waals surface area contributed by atoms with Gasteiger partial charge in [0.15, 0.2) is 6.29 Å². The van der Waals surface area contributed by atoms with Crippen LogP contribution in [0, 0.1) is 5.92 Å². The first kappa shape index (κ1) is 15.2. The lowest BCUT2D eigenvalue weighted by molar-refractivity contribution is -0.150. The van der Waals surface area contributed by atoms with Gasteiger partial charge in [-0.2, -0.15) is 0 Å². The molecule has 3 N–H and O–H groups in total. The fraction of sp³-hybridized carbons (Fsp3) is 1.00. The number of aliphatic hydroxyl groups is 3. The molecule has 4 unspecified atom stereocenters. The molecule has 112 valence electrons. The van der Waals surface area contributed by atoms with E-state index in [2.05, 4.69) is 0 Å². The smallest absolute Gasteiger partial charge is 0.154 e. The van der Waals surface area contributed by atoms with Gasteiger partial charge in [-0.15, -0.1) is 0 Å². The molecule has 4 heteroatoms. The average molecular weight is 272 g/mol. The van der Waals surface area contributed by atoms with Crippen LogP contribution < -0.4 is 0 Å². The third-order valence-electron chi connectivity index (χ3n) is 4.61. The predicted octanol–water partition coefficient (Wildman–Crippen LogP) is 1.96. The normalized spacial score (nSPS) is 35.2. The lowest BCUT2D eigenvalue weighted by atomic mass is 9.82. The molecule has 0 aromatic heterocycles. The number of rotatable bonds is 5. The van der Waals surface area contributed by atoms with Crippen LogP contribution in [0.4, 0.5) is 0 Å². The molecule has 0 radical (unpaired) electrons. The third-order valence-corrected chi connectivity index (χ3v) is 4.61. The Kier molecular flexibility index (Phi) is 6.07. The van der Waals surface area contributed by atoms with Gasteiger partial charge in [0.25, 0.3) is 0 Å². The highest BCUT2D eigenvalue weighted by Crippen LogP contribution is 2.29. The Morgan fingerprint density at radius 1 is 1.00 bits per heavy atom. The van der Waals surface area contributed by atoms with Crippen molar-refractivity contribution in [1.29, 1.82) is 0 Å². The van der Waals surface area contributed by atoms with E-state index in [0.29, 0.717) is 12.8 Å². The van der Waals surface area contributed by atoms with Crippen LogP contribution in [0.25, 0.3) is 0 Å². The Morgan fingerprint density at radius 2 is 1.74 bits per heavy atom. The van der Waals surface area contributed by atoms with Gasteiger partial charge in [-0.1, -0.05) is 19.3 Å². The largest absolute Gasteiger partial charge is 0.393 e. The summed E-state index contributed by atoms with van der Waals surface area (Å²) < 4.78 is 5.66. The van der Waals surface area contributed by atoms with Gasteiger partial charge in [0.1, 0.15) is 0 Å². The maximum atomic E-state index is 9.92. The Bertz CT molecular complexity index is 253. The zero-order chi connectivity index (χ0) is 13.7. The molecule has 0 saturated heterocycles. The molecule has 2 fully saturated rings. The molecule has 2 aliphatic carbocycles. The summed E-state index contributed by atoms with van der Waals surface area (Å²) in [5.41, 5.74) is 0. The van der Waals surface area contributed by atoms with Gasteiger partial charge < -0.3 is 20.1 Å². The third kappa shape index (κ3) is 5.03. The highest BCUT2D eigenvalue weighted by atomic mass is 16.6. The van der Waals surface area contributed by atoms with E-state index in [4.69, 9.17) is 4.74 Å². The molecular formula is C15H28O4. The fourth-order valence-corrected chi connectivity index (χ4v) is 3.37. The van der Waals surface area contributed by atoms with Crippen molar-refractivity contribution in [3.63, 3.8) is 0 Å². The quantitative estimate of drug-likeness (QED) is 0.669. The molecule has 2 saturated carbocycles. The second-order valence-corrected chi connectivity index (χ2v) is 6.22. The summed E-state index contributed by atoms with van der Waals surface area (Å²) in [5.74, 6) is 0.202. The van der Waals surface area contributed by atoms with E-state index in [1.807, 2.05) is 0 Å². The zero-order valence-electron chi connectivity index (χ0n) is 11.7. The lowest BCUT2D eigenvalue weighted by Crippen LogP contribution is -2.33. The van der Waals surface area contributed by atoms with E-state index >= 15 is 0 Å². The second kappa shape index (κ2) is 7.58. The van der Waals surface area contributed by atoms with Crippen molar-refractivity contribution in [2.75, 3.05) is 0 Å². The van der Waals surface area contributed by atoms with Crippen LogP contribution in [0.3, 0.4) is 0 Å². The van der Waals surface area contributed by atoms with Crippen molar-refractivity contribution in [3.8, 4) is 0 Å². The molecule has 2 aliphatic rings. The number of hydrogen-bond acceptors (Lipinski definition) is 4. The van der Waals surface area contributed by atoms with Gasteiger partial charge >= 0.3 is 0 Å². The van der Waals surface area contributed by atoms with Crippen molar-refractivity contribution < 1.29 is 20.1 Å². The minimum Gasteiger partial charge on any atom is -0.393 e. The Hall–Kier alpha value is -0.160. The van der Waals surface area contributed by atoms with Gasteiger partial charge in [-0.25, -0.2) is 0 Å². The molecule has 4 nitrogen and oxygen atoms in total. The standard InChI is InChI=1S/C15H28O4/c16-12-8-6-11(14(17)10-12)7-9-15(18)19-13-4-2-1-3-5-13/h11-18H,1-10H2. The summed E-state index contributed by atoms with van der Waals surface area (Å²) >= 11 is 0. The molecule has 0 spiro atoms. The van der Waals surface area contributed by atoms with E-state index < -0.39 is 12.4 Å². The van der Waals surface area contributed by atoms with Crippen molar-refractivity contribution >= 4 is 0 Å². The summed E-state index contributed by atoms with van der Waals surface area (Å²) in [5, 5.41) is 29.3. The average Bonchev–Trinajstić information content (AvgIpc) is 2.39. The van der Waals surface area contributed by atoms with Crippen molar-refractivity contribution in [3.05, 3.63) is 0 Å². The first-order valence-electron chi connectivity index (χ1n) is 7.85. The van der Waals surface area contributed by atoms with Gasteiger partial charge in [0.2, 0.25) is 0 Å². The highest BCUT2D eigenvalue weighted by Gasteiger charge is 2.28. The molecular weight excluding hydrogens is 244 g/mol. The molecule has 0 amide bonds. The molecule has 0 aromatic carbocycles. The predicted molar refractivity (Wildman–Crippen MR) is 72.6 cm³/mol. The lowest BCUT2D eigenvalue weighted by Gasteiger charge is -2.31. The van der Waals surface area contributed by atoms with Crippen LogP contribution in [0.5, 0.6) is 0 Å². The molecule has 19 heavy (non-hydrogen) atoms. The minimum absolute atomic E-state index is 0.202. The highest BCUT2D eigenvalue weighted by molar-refractivity contribution is 4.79. The van der Waals surface area contributed by atoms with Crippen LogP contribution in [-0.4, -0.2) is 39.9 Å². The van der Waals surface area contributed by atoms with Gasteiger partial charge in [-0.05, 0) is 50.9 Å². The number of ether oxygens (including phenoxy) is 1. The van der Waals surface area contributed by atoms with Crippen LogP contribution >= 0.6 is 0 Å². The van der Waals surface area contributed by atoms with Crippen molar-refractivity contribution in [2.24, 2.45) is 5.92 Å². The van der Waals surface area contributed by atoms with Crippen LogP contribution in [0.2, 0.25) is 0 Å². The summed E-state index contributed by atoms with van der Waals surface area (Å²) in [6.07, 6.45) is 8.04. The maximum Gasteiger partial charge on any atom is 0.154 e. The Balaban J connectivity index is 1.63. The van der Waals surface area contributed by atoms with Crippen molar-refractivity contribution in [1.82, 2.24) is 0 Å². The van der Waals surface area contributed by atoms with Gasteiger partial charge in [0.05, 0.1) is 18.3 Å². The molecule has 0 heterocycles. The van der Waals surface area contributed by atoms with Crippen LogP contribution in [0.15, 0.2) is 0 Å². The van der Waals surface area contributed by atoms with E-state index in [1.165, 1.54) is 19.3 Å². The van der Waals surface area contributed by atoms with Crippen molar-refractivity contribution in [2.45, 2.75) is 88.8 Å². The molecule has 4 atom stereocenters. The second-order valence-electron chi connectivity index (χ2n) is 6.22. The minimum atomic E-state index is -0.692. The molecule has 2 rings (SSSR count). The van der Waals surface area contributed by atoms with Crippen LogP contribution in [-0.2, 0) is 4.74 Å². The summed E-state index contributed by atoms with van der Waals surface area (Å²) in [6, 6.07) is 0. The maximum absolute atomic E-state index is 9.92. The topological polar surface area (TPSA) is 69.9 Å². The van der Waals surface area contributed by atoms with E-state index in [-0.39, 0.29) is 18.1 Å². The molecule has 0 bridgehead atoms. The van der Waals surface area contributed by atoms with E-state index in [9.17, 15) is 15.3 Å². The monoisotopic (exact) mass is 272 g/mol. The first-order chi connectivity index (χ1) is 9.15. The Morgan fingerprint density at radius 3 is 2.42 bits per heavy atom. The summed E-state index contributed by atoms with van der Waals surface area (Å²) in [7, 11) is 0. The molecule has 0 aromatic rings. The Labute approximate surface area is 115 Å².